The molecule has 0 radical (unpaired) electrons. The van der Waals surface area contributed by atoms with Crippen molar-refractivity contribution in [2.75, 3.05) is 40.9 Å². The minimum Gasteiger partial charge on any atom is -0.497 e. The van der Waals surface area contributed by atoms with Crippen molar-refractivity contribution in [3.05, 3.63) is 137 Å². The molecular formula is C38H40N2O10. The SMILES string of the molecule is C.COC(=O)/C=C(\Nc1cccc(OC)c1)C(=O)OC.COC(=O)c1cc(=O)c2ccc(OC)cc2[nH]1.c1ccc(Oc2ccccc2)cc1. The molecule has 12 heteroatoms. The molecule has 0 aliphatic rings. The van der Waals surface area contributed by atoms with Gasteiger partial charge in [0.05, 0.1) is 47.1 Å². The van der Waals surface area contributed by atoms with Crippen molar-refractivity contribution in [1.29, 1.82) is 0 Å². The number of benzene rings is 4. The average molecular weight is 685 g/mol. The first-order chi connectivity index (χ1) is 23.7. The zero-order chi connectivity index (χ0) is 35.6. The number of aromatic nitrogens is 1. The van der Waals surface area contributed by atoms with E-state index in [2.05, 4.69) is 24.5 Å². The molecule has 0 unspecified atom stereocenters. The second-order valence-electron chi connectivity index (χ2n) is 9.61. The highest BCUT2D eigenvalue weighted by molar-refractivity contribution is 5.98. The third kappa shape index (κ3) is 12.2. The van der Waals surface area contributed by atoms with Gasteiger partial charge in [-0.2, -0.15) is 0 Å². The van der Waals surface area contributed by atoms with E-state index in [1.165, 1.54) is 41.6 Å². The van der Waals surface area contributed by atoms with E-state index in [4.69, 9.17) is 14.2 Å². The summed E-state index contributed by atoms with van der Waals surface area (Å²) in [6, 6.07) is 32.6. The van der Waals surface area contributed by atoms with E-state index >= 15 is 0 Å². The van der Waals surface area contributed by atoms with Crippen LogP contribution in [0.2, 0.25) is 0 Å². The van der Waals surface area contributed by atoms with E-state index in [-0.39, 0.29) is 24.2 Å². The lowest BCUT2D eigenvalue weighted by Gasteiger charge is -2.10. The van der Waals surface area contributed by atoms with Gasteiger partial charge in [0, 0.05) is 29.3 Å². The van der Waals surface area contributed by atoms with Crippen molar-refractivity contribution >= 4 is 34.5 Å². The molecule has 0 bridgehead atoms. The number of methoxy groups -OCH3 is 5. The Morgan fingerprint density at radius 3 is 1.76 bits per heavy atom. The first-order valence-corrected chi connectivity index (χ1v) is 14.6. The van der Waals surface area contributed by atoms with Crippen molar-refractivity contribution < 1.29 is 42.8 Å². The summed E-state index contributed by atoms with van der Waals surface area (Å²) in [4.78, 5) is 48.6. The summed E-state index contributed by atoms with van der Waals surface area (Å²) in [5.74, 6) is 1.06. The molecule has 262 valence electrons. The zero-order valence-electron chi connectivity index (χ0n) is 27.6. The molecule has 0 aliphatic heterocycles. The molecule has 0 spiro atoms. The molecule has 5 rings (SSSR count). The monoisotopic (exact) mass is 684 g/mol. The standard InChI is InChI=1S/C13H15NO5.C12H11NO4.C12H10O.CH4/c1-17-10-6-4-5-9(7-10)14-11(13(16)19-3)8-12(15)18-2;1-16-7-3-4-8-9(5-7)13-10(6-11(8)14)12(15)17-2;1-3-7-11(8-4-1)13-12-9-5-2-6-10-12;/h4-8,14H,1-3H3;3-6H,1-2H3,(H,13,14);1-10H;1H4/b11-8-;;;. The van der Waals surface area contributed by atoms with Crippen molar-refractivity contribution in [2.24, 2.45) is 0 Å². The number of anilines is 1. The van der Waals surface area contributed by atoms with E-state index in [1.54, 1.807) is 42.5 Å². The van der Waals surface area contributed by atoms with Crippen LogP contribution in [0.4, 0.5) is 5.69 Å². The van der Waals surface area contributed by atoms with Gasteiger partial charge in [-0.3, -0.25) is 4.79 Å². The number of fused-ring (bicyclic) bond motifs is 1. The molecule has 0 fully saturated rings. The number of rotatable bonds is 9. The van der Waals surface area contributed by atoms with E-state index in [9.17, 15) is 19.2 Å². The van der Waals surface area contributed by atoms with Gasteiger partial charge in [-0.25, -0.2) is 14.4 Å². The Labute approximate surface area is 290 Å². The minimum absolute atomic E-state index is 0. The van der Waals surface area contributed by atoms with Crippen molar-refractivity contribution in [1.82, 2.24) is 4.98 Å². The molecular weight excluding hydrogens is 644 g/mol. The van der Waals surface area contributed by atoms with Crippen LogP contribution in [0.25, 0.3) is 10.9 Å². The van der Waals surface area contributed by atoms with Gasteiger partial charge >= 0.3 is 17.9 Å². The molecule has 2 N–H and O–H groups in total. The predicted molar refractivity (Wildman–Crippen MR) is 191 cm³/mol. The maximum Gasteiger partial charge on any atom is 0.354 e. The van der Waals surface area contributed by atoms with Crippen LogP contribution in [0.3, 0.4) is 0 Å². The van der Waals surface area contributed by atoms with E-state index in [0.29, 0.717) is 28.1 Å². The number of para-hydroxylation sites is 2. The average Bonchev–Trinajstić information content (AvgIpc) is 3.14. The molecule has 0 aliphatic carbocycles. The fourth-order valence-electron chi connectivity index (χ4n) is 3.98. The third-order valence-corrected chi connectivity index (χ3v) is 6.38. The number of ether oxygens (including phenoxy) is 6. The first kappa shape index (κ1) is 39.6. The van der Waals surface area contributed by atoms with Crippen LogP contribution in [-0.4, -0.2) is 58.4 Å². The first-order valence-electron chi connectivity index (χ1n) is 14.6. The summed E-state index contributed by atoms with van der Waals surface area (Å²) in [6.45, 7) is 0. The quantitative estimate of drug-likeness (QED) is 0.0961. The van der Waals surface area contributed by atoms with Crippen molar-refractivity contribution in [3.8, 4) is 23.0 Å². The maximum absolute atomic E-state index is 11.8. The second-order valence-corrected chi connectivity index (χ2v) is 9.61. The summed E-state index contributed by atoms with van der Waals surface area (Å²) in [5.41, 5.74) is 0.986. The summed E-state index contributed by atoms with van der Waals surface area (Å²) in [5, 5.41) is 3.27. The molecule has 5 aromatic rings. The van der Waals surface area contributed by atoms with Gasteiger partial charge < -0.3 is 38.7 Å². The zero-order valence-corrected chi connectivity index (χ0v) is 27.6. The Bertz CT molecular complexity index is 1890. The fourth-order valence-corrected chi connectivity index (χ4v) is 3.98. The molecule has 50 heavy (non-hydrogen) atoms. The highest BCUT2D eigenvalue weighted by Gasteiger charge is 2.13. The Balaban J connectivity index is 0.000000261. The molecule has 0 atom stereocenters. The lowest BCUT2D eigenvalue weighted by Crippen LogP contribution is -2.15. The molecule has 4 aromatic carbocycles. The Kier molecular flexibility index (Phi) is 16.3. The topological polar surface area (TPSA) is 151 Å². The lowest BCUT2D eigenvalue weighted by atomic mass is 10.2. The van der Waals surface area contributed by atoms with Crippen molar-refractivity contribution in [2.45, 2.75) is 7.43 Å². The van der Waals surface area contributed by atoms with Gasteiger partial charge in [-0.15, -0.1) is 0 Å². The number of carbonyl (C=O) groups excluding carboxylic acids is 3. The van der Waals surface area contributed by atoms with E-state index in [0.717, 1.165) is 17.6 Å². The minimum atomic E-state index is -0.673. The number of H-pyrrole nitrogens is 1. The largest absolute Gasteiger partial charge is 0.497 e. The summed E-state index contributed by atoms with van der Waals surface area (Å²) in [6.07, 6.45) is 1.02. The van der Waals surface area contributed by atoms with Crippen LogP contribution in [0.15, 0.2) is 126 Å². The molecule has 1 heterocycles. The van der Waals surface area contributed by atoms with E-state index in [1.807, 2.05) is 60.7 Å². The highest BCUT2D eigenvalue weighted by atomic mass is 16.5. The number of hydrogen-bond acceptors (Lipinski definition) is 11. The van der Waals surface area contributed by atoms with Crippen molar-refractivity contribution in [3.63, 3.8) is 0 Å². The molecule has 0 amide bonds. The molecule has 12 nitrogen and oxygen atoms in total. The van der Waals surface area contributed by atoms with Gasteiger partial charge in [0.25, 0.3) is 0 Å². The van der Waals surface area contributed by atoms with Crippen LogP contribution in [-0.2, 0) is 23.8 Å². The highest BCUT2D eigenvalue weighted by Crippen LogP contribution is 2.20. The number of carbonyl (C=O) groups is 3. The number of esters is 3. The van der Waals surface area contributed by atoms with Crippen LogP contribution in [0.5, 0.6) is 23.0 Å². The third-order valence-electron chi connectivity index (χ3n) is 6.38. The van der Waals surface area contributed by atoms with Gasteiger partial charge in [0.15, 0.2) is 5.43 Å². The number of hydrogen-bond donors (Lipinski definition) is 2. The van der Waals surface area contributed by atoms with Gasteiger partial charge in [-0.1, -0.05) is 49.9 Å². The summed E-state index contributed by atoms with van der Waals surface area (Å²) in [7, 11) is 6.77. The van der Waals surface area contributed by atoms with E-state index < -0.39 is 17.9 Å². The fraction of sp³-hybridized carbons (Fsp3) is 0.158. The smallest absolute Gasteiger partial charge is 0.354 e. The van der Waals surface area contributed by atoms with Crippen LogP contribution >= 0.6 is 0 Å². The number of pyridine rings is 1. The second kappa shape index (κ2) is 20.6. The molecule has 1 aromatic heterocycles. The van der Waals surface area contributed by atoms with Gasteiger partial charge in [0.1, 0.15) is 34.4 Å². The van der Waals surface area contributed by atoms with Gasteiger partial charge in [0.2, 0.25) is 0 Å². The molecule has 0 saturated heterocycles. The Morgan fingerprint density at radius 2 is 1.22 bits per heavy atom. The maximum atomic E-state index is 11.8. The number of nitrogens with one attached hydrogen (secondary N) is 2. The predicted octanol–water partition coefficient (Wildman–Crippen LogP) is 6.78. The normalized spacial score (nSPS) is 9.98. The van der Waals surface area contributed by atoms with Gasteiger partial charge in [-0.05, 0) is 48.5 Å². The van der Waals surface area contributed by atoms with Crippen LogP contribution in [0, 0.1) is 0 Å². The van der Waals surface area contributed by atoms with Crippen LogP contribution < -0.4 is 25.0 Å². The number of aromatic amines is 1. The summed E-state index contributed by atoms with van der Waals surface area (Å²) < 4.78 is 29.3. The molecule has 0 saturated carbocycles. The Hall–Kier alpha value is -6.56. The summed E-state index contributed by atoms with van der Waals surface area (Å²) >= 11 is 0. The van der Waals surface area contributed by atoms with Crippen LogP contribution in [0.1, 0.15) is 17.9 Å². The Morgan fingerprint density at radius 1 is 0.640 bits per heavy atom. The lowest BCUT2D eigenvalue weighted by molar-refractivity contribution is -0.138.